The van der Waals surface area contributed by atoms with Crippen LogP contribution in [0.15, 0.2) is 24.3 Å². The Kier molecular flexibility index (Phi) is 4.47. The summed E-state index contributed by atoms with van der Waals surface area (Å²) in [6.07, 6.45) is 0. The fraction of sp³-hybridized carbons (Fsp3) is 0.333. The Balaban J connectivity index is 2.30. The lowest BCUT2D eigenvalue weighted by molar-refractivity contribution is 0.0514. The molecule has 0 aliphatic carbocycles. The monoisotopic (exact) mass is 289 g/mol. The van der Waals surface area contributed by atoms with E-state index in [1.165, 1.54) is 0 Å². The van der Waals surface area contributed by atoms with Crippen molar-refractivity contribution in [3.63, 3.8) is 0 Å². The van der Waals surface area contributed by atoms with Gasteiger partial charge in [0.2, 0.25) is 0 Å². The van der Waals surface area contributed by atoms with Gasteiger partial charge in [-0.25, -0.2) is 4.79 Å². The Labute approximate surface area is 123 Å². The highest BCUT2D eigenvalue weighted by Crippen LogP contribution is 2.20. The molecular formula is C15H19N3O3. The summed E-state index contributed by atoms with van der Waals surface area (Å²) in [5.74, 6) is 0.324. The van der Waals surface area contributed by atoms with Crippen LogP contribution in [0.25, 0.3) is 0 Å². The molecule has 6 nitrogen and oxygen atoms in total. The van der Waals surface area contributed by atoms with Gasteiger partial charge in [-0.05, 0) is 31.5 Å². The van der Waals surface area contributed by atoms with Crippen LogP contribution in [-0.2, 0) is 11.3 Å². The smallest absolute Gasteiger partial charge is 0.358 e. The maximum Gasteiger partial charge on any atom is 0.358 e. The van der Waals surface area contributed by atoms with Crippen LogP contribution >= 0.6 is 0 Å². The maximum absolute atomic E-state index is 12.0. The van der Waals surface area contributed by atoms with Crippen LogP contribution in [0.5, 0.6) is 5.75 Å². The van der Waals surface area contributed by atoms with Crippen LogP contribution in [0, 0.1) is 6.92 Å². The number of nitrogen functional groups attached to an aromatic ring is 1. The number of anilines is 1. The molecule has 1 aromatic heterocycles. The number of hydrogen-bond acceptors (Lipinski definition) is 5. The van der Waals surface area contributed by atoms with Gasteiger partial charge in [-0.15, -0.1) is 0 Å². The van der Waals surface area contributed by atoms with Crippen molar-refractivity contribution in [1.29, 1.82) is 0 Å². The van der Waals surface area contributed by atoms with E-state index in [1.807, 2.05) is 24.3 Å². The second-order valence-electron chi connectivity index (χ2n) is 4.57. The molecule has 1 heterocycles. The summed E-state index contributed by atoms with van der Waals surface area (Å²) in [6.45, 7) is 4.26. The molecule has 0 aliphatic heterocycles. The van der Waals surface area contributed by atoms with E-state index in [4.69, 9.17) is 15.2 Å². The number of benzene rings is 1. The minimum absolute atomic E-state index is 0.296. The van der Waals surface area contributed by atoms with Gasteiger partial charge in [-0.2, -0.15) is 5.10 Å². The average Bonchev–Trinajstić information content (AvgIpc) is 2.75. The van der Waals surface area contributed by atoms with Crippen LogP contribution in [0.1, 0.15) is 28.7 Å². The molecule has 0 spiro atoms. The summed E-state index contributed by atoms with van der Waals surface area (Å²) in [7, 11) is 1.62. The van der Waals surface area contributed by atoms with E-state index in [2.05, 4.69) is 5.10 Å². The lowest BCUT2D eigenvalue weighted by atomic mass is 10.2. The highest BCUT2D eigenvalue weighted by molar-refractivity contribution is 5.93. The summed E-state index contributed by atoms with van der Waals surface area (Å²) in [5.41, 5.74) is 8.20. The number of nitrogens with two attached hydrogens (primary N) is 1. The fourth-order valence-corrected chi connectivity index (χ4v) is 2.03. The standard InChI is InChI=1S/C15H19N3O3/c1-4-21-15(19)14-13(16)10(2)17-18(14)9-11-5-7-12(20-3)8-6-11/h5-8H,4,9,16H2,1-3H3. The summed E-state index contributed by atoms with van der Waals surface area (Å²) in [5, 5.41) is 4.31. The number of aromatic nitrogens is 2. The molecule has 112 valence electrons. The summed E-state index contributed by atoms with van der Waals surface area (Å²) < 4.78 is 11.7. The van der Waals surface area contributed by atoms with E-state index in [-0.39, 0.29) is 0 Å². The normalized spacial score (nSPS) is 10.4. The van der Waals surface area contributed by atoms with Crippen LogP contribution in [0.4, 0.5) is 5.69 Å². The Morgan fingerprint density at radius 2 is 2.00 bits per heavy atom. The highest BCUT2D eigenvalue weighted by atomic mass is 16.5. The van der Waals surface area contributed by atoms with E-state index in [9.17, 15) is 4.79 Å². The molecule has 2 N–H and O–H groups in total. The van der Waals surface area contributed by atoms with Crippen molar-refractivity contribution in [2.24, 2.45) is 0 Å². The Hall–Kier alpha value is -2.50. The number of carbonyl (C=O) groups is 1. The predicted octanol–water partition coefficient (Wildman–Crippen LogP) is 2.01. The zero-order valence-electron chi connectivity index (χ0n) is 12.4. The molecule has 0 amide bonds. The van der Waals surface area contributed by atoms with Crippen molar-refractivity contribution < 1.29 is 14.3 Å². The summed E-state index contributed by atoms with van der Waals surface area (Å²) in [4.78, 5) is 12.0. The first-order chi connectivity index (χ1) is 10.1. The molecule has 0 aliphatic rings. The molecule has 0 bridgehead atoms. The van der Waals surface area contributed by atoms with E-state index >= 15 is 0 Å². The number of nitrogens with zero attached hydrogens (tertiary/aromatic N) is 2. The van der Waals surface area contributed by atoms with Gasteiger partial charge in [0.25, 0.3) is 0 Å². The van der Waals surface area contributed by atoms with Crippen molar-refractivity contribution in [3.8, 4) is 5.75 Å². The Bertz CT molecular complexity index is 632. The van der Waals surface area contributed by atoms with E-state index < -0.39 is 5.97 Å². The first-order valence-corrected chi connectivity index (χ1v) is 6.69. The summed E-state index contributed by atoms with van der Waals surface area (Å²) >= 11 is 0. The van der Waals surface area contributed by atoms with Gasteiger partial charge in [0.15, 0.2) is 5.69 Å². The Morgan fingerprint density at radius 1 is 1.33 bits per heavy atom. The first-order valence-electron chi connectivity index (χ1n) is 6.69. The van der Waals surface area contributed by atoms with Gasteiger partial charge in [-0.1, -0.05) is 12.1 Å². The zero-order valence-corrected chi connectivity index (χ0v) is 12.4. The van der Waals surface area contributed by atoms with Crippen molar-refractivity contribution >= 4 is 11.7 Å². The third-order valence-corrected chi connectivity index (χ3v) is 3.13. The molecule has 0 saturated heterocycles. The third kappa shape index (κ3) is 3.16. The molecule has 0 unspecified atom stereocenters. The van der Waals surface area contributed by atoms with Gasteiger partial charge in [0, 0.05) is 0 Å². The van der Waals surface area contributed by atoms with Gasteiger partial charge in [-0.3, -0.25) is 4.68 Å². The molecular weight excluding hydrogens is 270 g/mol. The topological polar surface area (TPSA) is 79.4 Å². The molecule has 0 radical (unpaired) electrons. The van der Waals surface area contributed by atoms with Gasteiger partial charge < -0.3 is 15.2 Å². The van der Waals surface area contributed by atoms with Crippen LogP contribution < -0.4 is 10.5 Å². The molecule has 0 saturated carbocycles. The lowest BCUT2D eigenvalue weighted by Crippen LogP contribution is -2.15. The average molecular weight is 289 g/mol. The van der Waals surface area contributed by atoms with Gasteiger partial charge in [0.1, 0.15) is 5.75 Å². The maximum atomic E-state index is 12.0. The van der Waals surface area contributed by atoms with E-state index in [1.54, 1.807) is 25.6 Å². The SMILES string of the molecule is CCOC(=O)c1c(N)c(C)nn1Cc1ccc(OC)cc1. The first kappa shape index (κ1) is 14.9. The van der Waals surface area contributed by atoms with Crippen molar-refractivity contribution in [1.82, 2.24) is 9.78 Å². The van der Waals surface area contributed by atoms with Crippen molar-refractivity contribution in [2.45, 2.75) is 20.4 Å². The van der Waals surface area contributed by atoms with E-state index in [0.29, 0.717) is 30.2 Å². The number of hydrogen-bond donors (Lipinski definition) is 1. The fourth-order valence-electron chi connectivity index (χ4n) is 2.03. The quantitative estimate of drug-likeness (QED) is 0.852. The van der Waals surface area contributed by atoms with Crippen molar-refractivity contribution in [2.75, 3.05) is 19.5 Å². The van der Waals surface area contributed by atoms with E-state index in [0.717, 1.165) is 11.3 Å². The molecule has 6 heteroatoms. The second-order valence-corrected chi connectivity index (χ2v) is 4.57. The molecule has 21 heavy (non-hydrogen) atoms. The highest BCUT2D eigenvalue weighted by Gasteiger charge is 2.21. The predicted molar refractivity (Wildman–Crippen MR) is 79.4 cm³/mol. The largest absolute Gasteiger partial charge is 0.497 e. The van der Waals surface area contributed by atoms with Gasteiger partial charge >= 0.3 is 5.97 Å². The second kappa shape index (κ2) is 6.30. The molecule has 0 atom stereocenters. The number of aryl methyl sites for hydroxylation is 1. The number of rotatable bonds is 5. The van der Waals surface area contributed by atoms with Crippen molar-refractivity contribution in [3.05, 3.63) is 41.2 Å². The minimum Gasteiger partial charge on any atom is -0.497 e. The van der Waals surface area contributed by atoms with Crippen LogP contribution in [-0.4, -0.2) is 29.5 Å². The molecule has 1 aromatic carbocycles. The van der Waals surface area contributed by atoms with Crippen LogP contribution in [0.2, 0.25) is 0 Å². The minimum atomic E-state index is -0.455. The summed E-state index contributed by atoms with van der Waals surface area (Å²) in [6, 6.07) is 7.56. The Morgan fingerprint density at radius 3 is 2.57 bits per heavy atom. The number of carbonyl (C=O) groups excluding carboxylic acids is 1. The number of methoxy groups -OCH3 is 1. The zero-order chi connectivity index (χ0) is 15.4. The number of esters is 1. The molecule has 2 aromatic rings. The lowest BCUT2D eigenvalue weighted by Gasteiger charge is -2.08. The van der Waals surface area contributed by atoms with Crippen LogP contribution in [0.3, 0.4) is 0 Å². The third-order valence-electron chi connectivity index (χ3n) is 3.13. The number of ether oxygens (including phenoxy) is 2. The molecule has 0 fully saturated rings. The van der Waals surface area contributed by atoms with Gasteiger partial charge in [0.05, 0.1) is 31.6 Å². The molecule has 2 rings (SSSR count).